The van der Waals surface area contributed by atoms with E-state index in [4.69, 9.17) is 23.2 Å². The molecule has 1 N–H and O–H groups in total. The predicted molar refractivity (Wildman–Crippen MR) is 99.4 cm³/mol. The van der Waals surface area contributed by atoms with Gasteiger partial charge in [0.1, 0.15) is 5.01 Å². The average Bonchev–Trinajstić information content (AvgIpc) is 3.01. The van der Waals surface area contributed by atoms with Crippen molar-refractivity contribution in [1.29, 1.82) is 0 Å². The van der Waals surface area contributed by atoms with Crippen LogP contribution in [0.1, 0.15) is 10.6 Å². The molecule has 0 saturated carbocycles. The van der Waals surface area contributed by atoms with Gasteiger partial charge in [-0.2, -0.15) is 0 Å². The summed E-state index contributed by atoms with van der Waals surface area (Å²) in [5.41, 5.74) is 2.32. The van der Waals surface area contributed by atoms with Crippen molar-refractivity contribution >= 4 is 34.5 Å². The van der Waals surface area contributed by atoms with Gasteiger partial charge in [0.25, 0.3) is 0 Å². The molecule has 23 heavy (non-hydrogen) atoms. The summed E-state index contributed by atoms with van der Waals surface area (Å²) in [6.07, 6.45) is 2.88. The maximum absolute atomic E-state index is 6.25. The molecule has 0 aliphatic heterocycles. The lowest BCUT2D eigenvalue weighted by molar-refractivity contribution is 0.684. The van der Waals surface area contributed by atoms with E-state index in [0.717, 1.165) is 35.0 Å². The minimum Gasteiger partial charge on any atom is -0.310 e. The molecule has 0 aliphatic carbocycles. The summed E-state index contributed by atoms with van der Waals surface area (Å²) in [5.74, 6) is 0. The van der Waals surface area contributed by atoms with Crippen LogP contribution in [0.4, 0.5) is 0 Å². The zero-order valence-corrected chi connectivity index (χ0v) is 14.8. The van der Waals surface area contributed by atoms with Gasteiger partial charge in [0.2, 0.25) is 0 Å². The molecule has 0 unspecified atom stereocenters. The van der Waals surface area contributed by atoms with Gasteiger partial charge in [0, 0.05) is 23.3 Å². The van der Waals surface area contributed by atoms with Crippen molar-refractivity contribution < 1.29 is 0 Å². The molecular weight excluding hydrogens is 347 g/mol. The molecule has 0 spiro atoms. The van der Waals surface area contributed by atoms with Crippen LogP contribution in [0.25, 0.3) is 10.4 Å². The van der Waals surface area contributed by atoms with Crippen molar-refractivity contribution in [2.24, 2.45) is 0 Å². The number of nitrogens with one attached hydrogen (secondary N) is 1. The van der Waals surface area contributed by atoms with Crippen LogP contribution in [0.2, 0.25) is 10.0 Å². The molecule has 2 nitrogen and oxygen atoms in total. The molecule has 118 valence electrons. The summed E-state index contributed by atoms with van der Waals surface area (Å²) >= 11 is 13.8. The third-order valence-electron chi connectivity index (χ3n) is 3.46. The first-order valence-corrected chi connectivity index (χ1v) is 8.94. The number of nitrogens with zero attached hydrogens (tertiary/aromatic N) is 1. The van der Waals surface area contributed by atoms with E-state index in [1.165, 1.54) is 5.56 Å². The van der Waals surface area contributed by atoms with Crippen molar-refractivity contribution in [3.63, 3.8) is 0 Å². The van der Waals surface area contributed by atoms with Gasteiger partial charge >= 0.3 is 0 Å². The Hall–Kier alpha value is -1.39. The van der Waals surface area contributed by atoms with Crippen LogP contribution in [0, 0.1) is 0 Å². The second kappa shape index (κ2) is 7.93. The first-order valence-electron chi connectivity index (χ1n) is 7.37. The Morgan fingerprint density at radius 2 is 1.87 bits per heavy atom. The van der Waals surface area contributed by atoms with Crippen molar-refractivity contribution in [1.82, 2.24) is 10.3 Å². The summed E-state index contributed by atoms with van der Waals surface area (Å²) < 4.78 is 0. The Bertz CT molecular complexity index is 772. The molecule has 1 aromatic heterocycles. The summed E-state index contributed by atoms with van der Waals surface area (Å²) in [7, 11) is 0. The van der Waals surface area contributed by atoms with E-state index in [0.29, 0.717) is 10.0 Å². The second-order valence-corrected chi connectivity index (χ2v) is 7.11. The number of thiazole rings is 1. The van der Waals surface area contributed by atoms with Gasteiger partial charge in [-0.15, -0.1) is 11.3 Å². The van der Waals surface area contributed by atoms with Crippen LogP contribution in [0.5, 0.6) is 0 Å². The molecule has 0 bridgehead atoms. The van der Waals surface area contributed by atoms with Crippen molar-refractivity contribution in [3.8, 4) is 10.4 Å². The molecule has 0 saturated heterocycles. The van der Waals surface area contributed by atoms with Gasteiger partial charge in [0.15, 0.2) is 0 Å². The standard InChI is InChI=1S/C18H16Cl2N2S/c19-14-6-7-15(16(20)10-14)17-11-22-18(23-17)12-21-9-8-13-4-2-1-3-5-13/h1-7,10-11,21H,8-9,12H2. The third-order valence-corrected chi connectivity index (χ3v) is 5.04. The van der Waals surface area contributed by atoms with Gasteiger partial charge < -0.3 is 5.32 Å². The van der Waals surface area contributed by atoms with Crippen LogP contribution >= 0.6 is 34.5 Å². The highest BCUT2D eigenvalue weighted by Crippen LogP contribution is 2.33. The lowest BCUT2D eigenvalue weighted by atomic mass is 10.1. The topological polar surface area (TPSA) is 24.9 Å². The van der Waals surface area contributed by atoms with Gasteiger partial charge in [0.05, 0.1) is 9.90 Å². The van der Waals surface area contributed by atoms with E-state index in [2.05, 4.69) is 34.6 Å². The fraction of sp³-hybridized carbons (Fsp3) is 0.167. The highest BCUT2D eigenvalue weighted by atomic mass is 35.5. The highest BCUT2D eigenvalue weighted by Gasteiger charge is 2.08. The van der Waals surface area contributed by atoms with Crippen LogP contribution in [-0.4, -0.2) is 11.5 Å². The molecule has 0 fully saturated rings. The Balaban J connectivity index is 1.55. The van der Waals surface area contributed by atoms with E-state index in [9.17, 15) is 0 Å². The SMILES string of the molecule is Clc1ccc(-c2cnc(CNCCc3ccccc3)s2)c(Cl)c1. The van der Waals surface area contributed by atoms with Crippen LogP contribution in [-0.2, 0) is 13.0 Å². The number of hydrogen-bond donors (Lipinski definition) is 1. The number of aromatic nitrogens is 1. The summed E-state index contributed by atoms with van der Waals surface area (Å²) in [6.45, 7) is 1.70. The van der Waals surface area contributed by atoms with Crippen molar-refractivity contribution in [3.05, 3.63) is 75.3 Å². The minimum absolute atomic E-state index is 0.645. The molecule has 0 atom stereocenters. The molecule has 3 aromatic rings. The Morgan fingerprint density at radius 1 is 1.04 bits per heavy atom. The van der Waals surface area contributed by atoms with E-state index in [-0.39, 0.29) is 0 Å². The minimum atomic E-state index is 0.645. The monoisotopic (exact) mass is 362 g/mol. The average molecular weight is 363 g/mol. The molecule has 5 heteroatoms. The molecule has 1 heterocycles. The summed E-state index contributed by atoms with van der Waals surface area (Å²) in [5, 5.41) is 5.79. The van der Waals surface area contributed by atoms with E-state index in [1.807, 2.05) is 24.4 Å². The second-order valence-electron chi connectivity index (χ2n) is 5.15. The molecular formula is C18H16Cl2N2S. The van der Waals surface area contributed by atoms with Gasteiger partial charge in [-0.3, -0.25) is 0 Å². The fourth-order valence-corrected chi connectivity index (χ4v) is 3.77. The maximum Gasteiger partial charge on any atom is 0.107 e. The zero-order valence-electron chi connectivity index (χ0n) is 12.4. The largest absolute Gasteiger partial charge is 0.310 e. The smallest absolute Gasteiger partial charge is 0.107 e. The Labute approximate surface area is 150 Å². The quantitative estimate of drug-likeness (QED) is 0.589. The molecule has 2 aromatic carbocycles. The van der Waals surface area contributed by atoms with Gasteiger partial charge in [-0.1, -0.05) is 59.6 Å². The lowest BCUT2D eigenvalue weighted by Gasteiger charge is -2.03. The lowest BCUT2D eigenvalue weighted by Crippen LogP contribution is -2.16. The van der Waals surface area contributed by atoms with Crippen LogP contribution in [0.3, 0.4) is 0 Å². The third kappa shape index (κ3) is 4.55. The fourth-order valence-electron chi connectivity index (χ4n) is 2.28. The van der Waals surface area contributed by atoms with E-state index < -0.39 is 0 Å². The predicted octanol–water partition coefficient (Wildman–Crippen LogP) is 5.45. The zero-order chi connectivity index (χ0) is 16.1. The van der Waals surface area contributed by atoms with E-state index >= 15 is 0 Å². The van der Waals surface area contributed by atoms with Gasteiger partial charge in [-0.05, 0) is 30.7 Å². The first-order chi connectivity index (χ1) is 11.2. The van der Waals surface area contributed by atoms with E-state index in [1.54, 1.807) is 17.4 Å². The molecule has 0 amide bonds. The van der Waals surface area contributed by atoms with Crippen molar-refractivity contribution in [2.45, 2.75) is 13.0 Å². The van der Waals surface area contributed by atoms with Gasteiger partial charge in [-0.25, -0.2) is 4.98 Å². The maximum atomic E-state index is 6.25. The van der Waals surface area contributed by atoms with Crippen LogP contribution in [0.15, 0.2) is 54.7 Å². The highest BCUT2D eigenvalue weighted by molar-refractivity contribution is 7.15. The Morgan fingerprint density at radius 3 is 2.65 bits per heavy atom. The Kier molecular flexibility index (Phi) is 5.68. The van der Waals surface area contributed by atoms with Crippen molar-refractivity contribution in [2.75, 3.05) is 6.54 Å². The molecule has 0 radical (unpaired) electrons. The normalized spacial score (nSPS) is 10.9. The van der Waals surface area contributed by atoms with Crippen LogP contribution < -0.4 is 5.32 Å². The summed E-state index contributed by atoms with van der Waals surface area (Å²) in [6, 6.07) is 16.0. The first kappa shape index (κ1) is 16.5. The molecule has 3 rings (SSSR count). The summed E-state index contributed by atoms with van der Waals surface area (Å²) in [4.78, 5) is 5.53. The number of rotatable bonds is 6. The molecule has 0 aliphatic rings. The number of hydrogen-bond acceptors (Lipinski definition) is 3. The number of benzene rings is 2. The number of halogens is 2.